The molecule has 5 nitrogen and oxygen atoms in total. The fourth-order valence-electron chi connectivity index (χ4n) is 2.27. The quantitative estimate of drug-likeness (QED) is 0.802. The molecule has 0 amide bonds. The van der Waals surface area contributed by atoms with Crippen LogP contribution in [0.15, 0.2) is 54.9 Å². The van der Waals surface area contributed by atoms with Gasteiger partial charge in [-0.25, -0.2) is 9.48 Å². The van der Waals surface area contributed by atoms with E-state index in [1.807, 2.05) is 24.3 Å². The number of aryl methyl sites for hydroxylation is 1. The number of hydrogen-bond acceptors (Lipinski definition) is 3. The molecule has 5 heteroatoms. The number of benzene rings is 1. The molecule has 0 saturated carbocycles. The third-order valence-electron chi connectivity index (χ3n) is 3.49. The van der Waals surface area contributed by atoms with Gasteiger partial charge in [-0.15, -0.1) is 0 Å². The Bertz CT molecular complexity index is 793. The lowest BCUT2D eigenvalue weighted by Gasteiger charge is -2.05. The van der Waals surface area contributed by atoms with Crippen LogP contribution < -0.4 is 0 Å². The van der Waals surface area contributed by atoms with Crippen molar-refractivity contribution in [3.8, 4) is 16.9 Å². The van der Waals surface area contributed by atoms with Crippen LogP contribution in [-0.2, 0) is 6.42 Å². The maximum absolute atomic E-state index is 11.5. The van der Waals surface area contributed by atoms with Gasteiger partial charge in [0.2, 0.25) is 0 Å². The molecule has 0 radical (unpaired) electrons. The number of carboxylic acids is 1. The second-order valence-electron chi connectivity index (χ2n) is 4.89. The van der Waals surface area contributed by atoms with Gasteiger partial charge in [0.25, 0.3) is 0 Å². The second kappa shape index (κ2) is 5.81. The number of aromatic carboxylic acids is 1. The number of nitrogens with zero attached hydrogens (tertiary/aromatic N) is 3. The van der Waals surface area contributed by atoms with Gasteiger partial charge in [-0.05, 0) is 42.3 Å². The molecule has 0 fully saturated rings. The Morgan fingerprint density at radius 2 is 1.82 bits per heavy atom. The molecule has 0 atom stereocenters. The minimum atomic E-state index is -1.01. The molecule has 3 aromatic rings. The molecule has 0 bridgehead atoms. The summed E-state index contributed by atoms with van der Waals surface area (Å²) in [5.41, 5.74) is 3.51. The van der Waals surface area contributed by atoms with Crippen molar-refractivity contribution in [2.75, 3.05) is 0 Å². The lowest BCUT2D eigenvalue weighted by Crippen LogP contribution is -2.07. The van der Waals surface area contributed by atoms with Gasteiger partial charge in [-0.3, -0.25) is 4.98 Å². The van der Waals surface area contributed by atoms with Gasteiger partial charge in [0.1, 0.15) is 0 Å². The molecular weight excluding hydrogens is 278 g/mol. The summed E-state index contributed by atoms with van der Waals surface area (Å²) in [4.78, 5) is 15.5. The molecule has 2 aromatic heterocycles. The molecular formula is C17H15N3O2. The highest BCUT2D eigenvalue weighted by Crippen LogP contribution is 2.21. The lowest BCUT2D eigenvalue weighted by molar-refractivity contribution is 0.0687. The lowest BCUT2D eigenvalue weighted by atomic mass is 10.1. The molecule has 22 heavy (non-hydrogen) atoms. The smallest absolute Gasteiger partial charge is 0.354 e. The maximum atomic E-state index is 11.5. The average Bonchev–Trinajstić information content (AvgIpc) is 3.01. The van der Waals surface area contributed by atoms with Crippen LogP contribution in [0.3, 0.4) is 0 Å². The Kier molecular flexibility index (Phi) is 3.70. The number of carbonyl (C=O) groups is 1. The van der Waals surface area contributed by atoms with E-state index in [1.165, 1.54) is 10.2 Å². The van der Waals surface area contributed by atoms with Crippen LogP contribution in [0.2, 0.25) is 0 Å². The van der Waals surface area contributed by atoms with E-state index < -0.39 is 5.97 Å². The van der Waals surface area contributed by atoms with E-state index in [2.05, 4.69) is 17.0 Å². The van der Waals surface area contributed by atoms with Gasteiger partial charge in [-0.2, -0.15) is 5.10 Å². The zero-order valence-electron chi connectivity index (χ0n) is 12.1. The van der Waals surface area contributed by atoms with E-state index in [0.29, 0.717) is 5.69 Å². The highest BCUT2D eigenvalue weighted by Gasteiger charge is 2.16. The van der Waals surface area contributed by atoms with Crippen molar-refractivity contribution in [1.29, 1.82) is 0 Å². The van der Waals surface area contributed by atoms with E-state index in [-0.39, 0.29) is 5.69 Å². The topological polar surface area (TPSA) is 68.0 Å². The number of aromatic nitrogens is 3. The highest BCUT2D eigenvalue weighted by atomic mass is 16.4. The van der Waals surface area contributed by atoms with Crippen LogP contribution >= 0.6 is 0 Å². The number of hydrogen-bond donors (Lipinski definition) is 1. The molecule has 2 heterocycles. The first-order chi connectivity index (χ1) is 10.7. The van der Waals surface area contributed by atoms with Crippen molar-refractivity contribution in [1.82, 2.24) is 14.8 Å². The standard InChI is InChI=1S/C17H15N3O2/c1-2-12-3-5-14(6-4-12)20-16(17(21)22)11-15(19-20)13-7-9-18-10-8-13/h3-11H,2H2,1H3,(H,21,22). The van der Waals surface area contributed by atoms with Crippen molar-refractivity contribution in [3.63, 3.8) is 0 Å². The first-order valence-corrected chi connectivity index (χ1v) is 7.02. The van der Waals surface area contributed by atoms with E-state index in [9.17, 15) is 9.90 Å². The molecule has 0 aliphatic carbocycles. The zero-order chi connectivity index (χ0) is 15.5. The van der Waals surface area contributed by atoms with E-state index >= 15 is 0 Å². The van der Waals surface area contributed by atoms with E-state index in [1.54, 1.807) is 30.6 Å². The fraction of sp³-hybridized carbons (Fsp3) is 0.118. The molecule has 0 spiro atoms. The molecule has 0 unspecified atom stereocenters. The molecule has 3 rings (SSSR count). The van der Waals surface area contributed by atoms with Crippen LogP contribution in [0, 0.1) is 0 Å². The first kappa shape index (κ1) is 14.0. The van der Waals surface area contributed by atoms with Crippen LogP contribution in [0.4, 0.5) is 0 Å². The molecule has 0 aliphatic rings. The maximum Gasteiger partial charge on any atom is 0.354 e. The SMILES string of the molecule is CCc1ccc(-n2nc(-c3ccncc3)cc2C(=O)O)cc1. The Morgan fingerprint density at radius 1 is 1.14 bits per heavy atom. The summed E-state index contributed by atoms with van der Waals surface area (Å²) in [6.45, 7) is 2.08. The van der Waals surface area contributed by atoms with Crippen molar-refractivity contribution in [2.45, 2.75) is 13.3 Å². The summed E-state index contributed by atoms with van der Waals surface area (Å²) in [5, 5.41) is 13.9. The monoisotopic (exact) mass is 293 g/mol. The van der Waals surface area contributed by atoms with Crippen molar-refractivity contribution in [2.24, 2.45) is 0 Å². The van der Waals surface area contributed by atoms with Crippen LogP contribution in [-0.4, -0.2) is 25.8 Å². The van der Waals surface area contributed by atoms with Gasteiger partial charge in [0.05, 0.1) is 11.4 Å². The summed E-state index contributed by atoms with van der Waals surface area (Å²) in [6, 6.07) is 12.9. The van der Waals surface area contributed by atoms with Gasteiger partial charge in [0, 0.05) is 18.0 Å². The summed E-state index contributed by atoms with van der Waals surface area (Å²) in [7, 11) is 0. The van der Waals surface area contributed by atoms with E-state index in [4.69, 9.17) is 0 Å². The fourth-order valence-corrected chi connectivity index (χ4v) is 2.27. The molecule has 110 valence electrons. The number of carboxylic acid groups (broad SMARTS) is 1. The van der Waals surface area contributed by atoms with Gasteiger partial charge in [0.15, 0.2) is 5.69 Å². The number of rotatable bonds is 4. The van der Waals surface area contributed by atoms with Crippen LogP contribution in [0.1, 0.15) is 23.0 Å². The van der Waals surface area contributed by atoms with Crippen molar-refractivity contribution in [3.05, 3.63) is 66.1 Å². The molecule has 1 N–H and O–H groups in total. The van der Waals surface area contributed by atoms with Crippen molar-refractivity contribution >= 4 is 5.97 Å². The predicted octanol–water partition coefficient (Wildman–Crippen LogP) is 3.19. The largest absolute Gasteiger partial charge is 0.477 e. The third kappa shape index (κ3) is 2.61. The predicted molar refractivity (Wildman–Crippen MR) is 83.1 cm³/mol. The summed E-state index contributed by atoms with van der Waals surface area (Å²) in [5.74, 6) is -1.01. The minimum absolute atomic E-state index is 0.135. The summed E-state index contributed by atoms with van der Waals surface area (Å²) < 4.78 is 1.46. The van der Waals surface area contributed by atoms with Crippen molar-refractivity contribution < 1.29 is 9.90 Å². The van der Waals surface area contributed by atoms with Gasteiger partial charge < -0.3 is 5.11 Å². The van der Waals surface area contributed by atoms with Crippen LogP contribution in [0.5, 0.6) is 0 Å². The Hall–Kier alpha value is -2.95. The van der Waals surface area contributed by atoms with Gasteiger partial charge >= 0.3 is 5.97 Å². The number of pyridine rings is 1. The highest BCUT2D eigenvalue weighted by molar-refractivity contribution is 5.88. The summed E-state index contributed by atoms with van der Waals surface area (Å²) >= 11 is 0. The first-order valence-electron chi connectivity index (χ1n) is 7.02. The molecule has 1 aromatic carbocycles. The zero-order valence-corrected chi connectivity index (χ0v) is 12.1. The van der Waals surface area contributed by atoms with Crippen LogP contribution in [0.25, 0.3) is 16.9 Å². The summed E-state index contributed by atoms with van der Waals surface area (Å²) in [6.07, 6.45) is 4.25. The molecule has 0 saturated heterocycles. The molecule has 0 aliphatic heterocycles. The van der Waals surface area contributed by atoms with Gasteiger partial charge in [-0.1, -0.05) is 19.1 Å². The van der Waals surface area contributed by atoms with E-state index in [0.717, 1.165) is 17.7 Å². The third-order valence-corrected chi connectivity index (χ3v) is 3.49. The minimum Gasteiger partial charge on any atom is -0.477 e. The normalized spacial score (nSPS) is 10.6. The Labute approximate surface area is 127 Å². The second-order valence-corrected chi connectivity index (χ2v) is 4.89. The Morgan fingerprint density at radius 3 is 2.41 bits per heavy atom. The average molecular weight is 293 g/mol. The Balaban J connectivity index is 2.09.